The van der Waals surface area contributed by atoms with E-state index in [4.69, 9.17) is 5.11 Å². The van der Waals surface area contributed by atoms with Crippen molar-refractivity contribution in [3.8, 4) is 0 Å². The molecule has 1 saturated carbocycles. The molecule has 3 nitrogen and oxygen atoms in total. The zero-order valence-corrected chi connectivity index (χ0v) is 17.9. The van der Waals surface area contributed by atoms with Crippen molar-refractivity contribution in [1.82, 2.24) is 0 Å². The van der Waals surface area contributed by atoms with Crippen molar-refractivity contribution >= 4 is 24.8 Å². The van der Waals surface area contributed by atoms with E-state index in [1.165, 1.54) is 9.75 Å². The number of unbranched alkanes of at least 4 members (excludes halogenated alkanes) is 2. The quantitative estimate of drug-likeness (QED) is 0.286. The summed E-state index contributed by atoms with van der Waals surface area (Å²) in [6.07, 6.45) is 13.5. The van der Waals surface area contributed by atoms with E-state index in [-0.39, 0.29) is 30.5 Å². The first-order valence-corrected chi connectivity index (χ1v) is 11.3. The fraction of sp³-hybridized carbons (Fsp3) is 0.609. The van der Waals surface area contributed by atoms with Crippen LogP contribution in [0, 0.1) is 24.7 Å². The van der Waals surface area contributed by atoms with Crippen molar-refractivity contribution in [2.75, 3.05) is 6.61 Å². The molecule has 28 heavy (non-hydrogen) atoms. The first-order valence-electron chi connectivity index (χ1n) is 10.5. The van der Waals surface area contributed by atoms with E-state index in [1.807, 2.05) is 12.0 Å². The maximum absolute atomic E-state index is 10.5. The number of hydrogen-bond acceptors (Lipinski definition) is 4. The maximum atomic E-state index is 10.5. The van der Waals surface area contributed by atoms with Gasteiger partial charge < -0.3 is 0 Å². The van der Waals surface area contributed by atoms with Crippen LogP contribution in [-0.4, -0.2) is 47.6 Å². The molecule has 0 aromatic carbocycles. The summed E-state index contributed by atoms with van der Waals surface area (Å²) in [7, 11) is 3.95. The fourth-order valence-electron chi connectivity index (χ4n) is 4.05. The number of aryl methyl sites for hydroxylation is 2. The Labute approximate surface area is 174 Å². The molecule has 0 radical (unpaired) electrons. The molecule has 1 aromatic rings. The summed E-state index contributed by atoms with van der Waals surface area (Å²) in [5.74, 6) is 2.59. The minimum absolute atomic E-state index is 0.167. The molecule has 1 aliphatic rings. The number of aliphatic hydroxyl groups excluding tert-OH is 3. The van der Waals surface area contributed by atoms with Gasteiger partial charge in [0.2, 0.25) is 0 Å². The van der Waals surface area contributed by atoms with E-state index in [0.29, 0.717) is 0 Å². The van der Waals surface area contributed by atoms with Crippen molar-refractivity contribution in [2.24, 2.45) is 17.8 Å². The monoisotopic (exact) mass is 402 g/mol. The van der Waals surface area contributed by atoms with Crippen molar-refractivity contribution in [3.63, 3.8) is 0 Å². The van der Waals surface area contributed by atoms with Gasteiger partial charge >= 0.3 is 175 Å². The number of aliphatic hydroxyl groups is 3. The molecule has 0 saturated heterocycles. The van der Waals surface area contributed by atoms with E-state index in [9.17, 15) is 10.2 Å². The Bertz CT molecular complexity index is 640. The molecule has 1 heterocycles. The first kappa shape index (κ1) is 23.3. The van der Waals surface area contributed by atoms with Crippen LogP contribution >= 0.6 is 11.3 Å². The Morgan fingerprint density at radius 3 is 2.79 bits per heavy atom. The van der Waals surface area contributed by atoms with Gasteiger partial charge in [-0.25, -0.2) is 0 Å². The summed E-state index contributed by atoms with van der Waals surface area (Å²) in [4.78, 5) is 2.62. The third kappa shape index (κ3) is 7.44. The Balaban J connectivity index is 1.88. The molecule has 1 aromatic heterocycles. The van der Waals surface area contributed by atoms with Gasteiger partial charge in [0, 0.05) is 0 Å². The normalized spacial score (nSPS) is 26.4. The first-order chi connectivity index (χ1) is 13.5. The molecular weight excluding hydrogens is 367 g/mol. The summed E-state index contributed by atoms with van der Waals surface area (Å²) in [6.45, 7) is 2.35. The summed E-state index contributed by atoms with van der Waals surface area (Å²) < 4.78 is 0. The zero-order chi connectivity index (χ0) is 20.4. The molecular formula is C23H35BO3S. The van der Waals surface area contributed by atoms with Gasteiger partial charge in [0.05, 0.1) is 0 Å². The summed E-state index contributed by atoms with van der Waals surface area (Å²) >= 11 is 1.79. The van der Waals surface area contributed by atoms with Crippen LogP contribution in [0.2, 0.25) is 0 Å². The topological polar surface area (TPSA) is 60.7 Å². The molecule has 5 heteroatoms. The van der Waals surface area contributed by atoms with Gasteiger partial charge in [-0.05, 0) is 0 Å². The molecule has 1 aliphatic carbocycles. The van der Waals surface area contributed by atoms with Crippen molar-refractivity contribution in [2.45, 2.75) is 64.1 Å². The number of thiophene rings is 1. The van der Waals surface area contributed by atoms with Crippen molar-refractivity contribution in [3.05, 3.63) is 46.2 Å². The molecule has 2 rings (SSSR count). The number of rotatable bonds is 12. The Morgan fingerprint density at radius 1 is 1.29 bits per heavy atom. The van der Waals surface area contributed by atoms with Crippen LogP contribution < -0.4 is 0 Å². The average Bonchev–Trinajstić information content (AvgIpc) is 3.23. The van der Waals surface area contributed by atoms with E-state index in [0.717, 1.165) is 44.9 Å². The Kier molecular flexibility index (Phi) is 10.4. The van der Waals surface area contributed by atoms with Crippen LogP contribution in [0.4, 0.5) is 0 Å². The predicted octanol–water partition coefficient (Wildman–Crippen LogP) is 3.33. The van der Waals surface area contributed by atoms with Crippen LogP contribution in [0.3, 0.4) is 0 Å². The molecule has 0 aliphatic heterocycles. The van der Waals surface area contributed by atoms with Crippen LogP contribution in [0.15, 0.2) is 36.4 Å². The average molecular weight is 402 g/mol. The molecule has 3 N–H and O–H groups in total. The number of allylic oxidation sites excluding steroid dienone is 3. The van der Waals surface area contributed by atoms with Gasteiger partial charge in [0.25, 0.3) is 0 Å². The molecule has 1 unspecified atom stereocenters. The second kappa shape index (κ2) is 12.5. The Hall–Kier alpha value is -1.01. The number of hydrogen-bond donors (Lipinski definition) is 3. The standard InChI is InChI=1S/C23H35BO3S/c1-17-8-11-20(28-17)12-9-19(26)10-13-21-18(16-24)15-23(27)22(21)7-5-3-2-4-6-14-25/h3,5,8,10-11,13,16,18-19,21-27H,2,4,6-7,9,12,14-15H2,1H3/b5-3-,13-10+/t18-,19-,21-,22+,23?/m0/s1. The second-order valence-electron chi connectivity index (χ2n) is 7.87. The van der Waals surface area contributed by atoms with E-state index in [1.54, 1.807) is 11.3 Å². The van der Waals surface area contributed by atoms with Gasteiger partial charge in [-0.1, -0.05) is 0 Å². The van der Waals surface area contributed by atoms with Gasteiger partial charge in [-0.3, -0.25) is 0 Å². The Morgan fingerprint density at radius 2 is 2.11 bits per heavy atom. The van der Waals surface area contributed by atoms with Crippen molar-refractivity contribution in [1.29, 1.82) is 0 Å². The molecule has 0 spiro atoms. The molecule has 5 atom stereocenters. The van der Waals surface area contributed by atoms with Crippen LogP contribution in [0.1, 0.15) is 48.3 Å². The summed E-state index contributed by atoms with van der Waals surface area (Å²) in [6, 6.07) is 4.26. The minimum atomic E-state index is -0.458. The van der Waals surface area contributed by atoms with Gasteiger partial charge in [0.15, 0.2) is 0 Å². The molecule has 0 amide bonds. The third-order valence-corrected chi connectivity index (χ3v) is 6.75. The van der Waals surface area contributed by atoms with Crippen LogP contribution in [0.5, 0.6) is 0 Å². The third-order valence-electron chi connectivity index (χ3n) is 5.69. The van der Waals surface area contributed by atoms with E-state index in [2.05, 4.69) is 44.8 Å². The summed E-state index contributed by atoms with van der Waals surface area (Å²) in [5.41, 5.74) is 0. The van der Waals surface area contributed by atoms with Crippen molar-refractivity contribution < 1.29 is 15.3 Å². The zero-order valence-electron chi connectivity index (χ0n) is 17.0. The molecule has 1 fully saturated rings. The fourth-order valence-corrected chi connectivity index (χ4v) is 4.95. The SMILES string of the molecule is B=C[C@@H]1CC(O)[C@H](C/C=C\CCCCO)[C@H]1/C=C/[C@@H](O)CCc1ccc(C)s1. The van der Waals surface area contributed by atoms with E-state index < -0.39 is 6.10 Å². The van der Waals surface area contributed by atoms with Crippen LogP contribution in [0.25, 0.3) is 0 Å². The molecule has 0 bridgehead atoms. The van der Waals surface area contributed by atoms with Gasteiger partial charge in [0.1, 0.15) is 0 Å². The predicted molar refractivity (Wildman–Crippen MR) is 122 cm³/mol. The second-order valence-corrected chi connectivity index (χ2v) is 9.25. The van der Waals surface area contributed by atoms with Gasteiger partial charge in [-0.15, -0.1) is 0 Å². The van der Waals surface area contributed by atoms with Gasteiger partial charge in [-0.2, -0.15) is 0 Å². The van der Waals surface area contributed by atoms with Crippen LogP contribution in [-0.2, 0) is 6.42 Å². The van der Waals surface area contributed by atoms with E-state index >= 15 is 0 Å². The summed E-state index contributed by atoms with van der Waals surface area (Å²) in [5, 5.41) is 29.7. The molecule has 154 valence electrons.